The molecule has 0 radical (unpaired) electrons. The van der Waals surface area contributed by atoms with Crippen LogP contribution in [0.5, 0.6) is 0 Å². The number of benzene rings is 2. The Morgan fingerprint density at radius 2 is 1.94 bits per heavy atom. The lowest BCUT2D eigenvalue weighted by Gasteiger charge is -2.28. The first kappa shape index (κ1) is 21.2. The van der Waals surface area contributed by atoms with Gasteiger partial charge in [-0.15, -0.1) is 11.3 Å². The molecule has 1 saturated carbocycles. The first-order valence-electron chi connectivity index (χ1n) is 11.8. The highest BCUT2D eigenvalue weighted by molar-refractivity contribution is 7.14. The number of para-hydroxylation sites is 1. The fourth-order valence-electron chi connectivity index (χ4n) is 5.52. The summed E-state index contributed by atoms with van der Waals surface area (Å²) in [5.41, 5.74) is 4.75. The average Bonchev–Trinajstić information content (AvgIpc) is 3.18. The predicted octanol–water partition coefficient (Wildman–Crippen LogP) is 5.11. The van der Waals surface area contributed by atoms with Crippen LogP contribution in [0.15, 0.2) is 66.2 Å². The quantitative estimate of drug-likeness (QED) is 0.442. The summed E-state index contributed by atoms with van der Waals surface area (Å²) in [6.45, 7) is 3.33. The second-order valence-electron chi connectivity index (χ2n) is 9.60. The van der Waals surface area contributed by atoms with E-state index in [9.17, 15) is 9.59 Å². The lowest BCUT2D eigenvalue weighted by Crippen LogP contribution is -2.45. The van der Waals surface area contributed by atoms with Crippen molar-refractivity contribution in [1.29, 1.82) is 0 Å². The van der Waals surface area contributed by atoms with Crippen LogP contribution in [0.2, 0.25) is 0 Å². The monoisotopic (exact) mass is 469 g/mol. The molecule has 1 aliphatic carbocycles. The van der Waals surface area contributed by atoms with Crippen molar-refractivity contribution in [3.05, 3.63) is 82.9 Å². The third-order valence-electron chi connectivity index (χ3n) is 7.35. The highest BCUT2D eigenvalue weighted by atomic mass is 32.1. The van der Waals surface area contributed by atoms with Crippen molar-refractivity contribution >= 4 is 34.1 Å². The number of hydrogen-bond acceptors (Lipinski definition) is 3. The van der Waals surface area contributed by atoms with Gasteiger partial charge in [0.1, 0.15) is 0 Å². The van der Waals surface area contributed by atoms with Crippen LogP contribution < -0.4 is 5.32 Å². The van der Waals surface area contributed by atoms with Crippen LogP contribution in [-0.4, -0.2) is 40.4 Å². The van der Waals surface area contributed by atoms with E-state index in [-0.39, 0.29) is 17.9 Å². The fraction of sp³-hybridized carbons (Fsp3) is 0.286. The standard InChI is InChI=1S/C28H27N3O2S/c1-17-6-5-7-18(12-17)26-21(10-11-34-26)28(33)31-15-19-13-22(19)25(31)14-29-27(32)23-16-30(2)24-9-4-3-8-20(23)24/h3-12,16,19,22,25H,13-15H2,1-2H3,(H,29,32)/t19-,22-,25+/m0/s1. The molecule has 6 heteroatoms. The van der Waals surface area contributed by atoms with E-state index in [0.29, 0.717) is 23.9 Å². The number of nitrogens with one attached hydrogen (secondary N) is 1. The number of piperidine rings is 1. The minimum Gasteiger partial charge on any atom is -0.350 e. The Morgan fingerprint density at radius 3 is 2.79 bits per heavy atom. The summed E-state index contributed by atoms with van der Waals surface area (Å²) >= 11 is 1.61. The van der Waals surface area contributed by atoms with E-state index < -0.39 is 0 Å². The van der Waals surface area contributed by atoms with Crippen molar-refractivity contribution in [3.63, 3.8) is 0 Å². The van der Waals surface area contributed by atoms with Crippen LogP contribution in [0.1, 0.15) is 32.7 Å². The number of rotatable bonds is 5. The molecular weight excluding hydrogens is 442 g/mol. The van der Waals surface area contributed by atoms with Gasteiger partial charge < -0.3 is 14.8 Å². The molecule has 2 amide bonds. The summed E-state index contributed by atoms with van der Waals surface area (Å²) < 4.78 is 1.98. The van der Waals surface area contributed by atoms with E-state index in [4.69, 9.17) is 0 Å². The second-order valence-corrected chi connectivity index (χ2v) is 10.5. The number of carbonyl (C=O) groups is 2. The molecular formula is C28H27N3O2S. The molecule has 2 aliphatic rings. The minimum absolute atomic E-state index is 0.0432. The number of likely N-dealkylation sites (tertiary alicyclic amines) is 1. The predicted molar refractivity (Wildman–Crippen MR) is 136 cm³/mol. The molecule has 2 aromatic heterocycles. The van der Waals surface area contributed by atoms with Gasteiger partial charge in [0.25, 0.3) is 11.8 Å². The highest BCUT2D eigenvalue weighted by Gasteiger charge is 2.54. The first-order valence-corrected chi connectivity index (χ1v) is 12.7. The highest BCUT2D eigenvalue weighted by Crippen LogP contribution is 2.50. The summed E-state index contributed by atoms with van der Waals surface area (Å²) in [4.78, 5) is 29.8. The molecule has 2 aromatic carbocycles. The van der Waals surface area contributed by atoms with Crippen LogP contribution in [-0.2, 0) is 7.05 Å². The lowest BCUT2D eigenvalue weighted by molar-refractivity contribution is 0.0696. The number of thiophene rings is 1. The second kappa shape index (κ2) is 8.13. The summed E-state index contributed by atoms with van der Waals surface area (Å²) in [5, 5.41) is 6.09. The molecule has 34 heavy (non-hydrogen) atoms. The summed E-state index contributed by atoms with van der Waals surface area (Å²) in [6, 6.07) is 18.2. The van der Waals surface area contributed by atoms with Crippen LogP contribution in [0.4, 0.5) is 0 Å². The van der Waals surface area contributed by atoms with Gasteiger partial charge in [-0.2, -0.15) is 0 Å². The Labute approximate surface area is 203 Å². The Kier molecular flexibility index (Phi) is 5.06. The van der Waals surface area contributed by atoms with Gasteiger partial charge >= 0.3 is 0 Å². The van der Waals surface area contributed by atoms with Gasteiger partial charge in [-0.25, -0.2) is 0 Å². The van der Waals surface area contributed by atoms with E-state index in [2.05, 4.69) is 30.4 Å². The van der Waals surface area contributed by atoms with Crippen LogP contribution in [0.3, 0.4) is 0 Å². The molecule has 0 spiro atoms. The van der Waals surface area contributed by atoms with Crippen molar-refractivity contribution in [1.82, 2.24) is 14.8 Å². The Morgan fingerprint density at radius 1 is 1.09 bits per heavy atom. The van der Waals surface area contributed by atoms with E-state index in [1.54, 1.807) is 11.3 Å². The van der Waals surface area contributed by atoms with E-state index in [0.717, 1.165) is 39.9 Å². The van der Waals surface area contributed by atoms with Gasteiger partial charge in [0.15, 0.2) is 0 Å². The largest absolute Gasteiger partial charge is 0.350 e. The van der Waals surface area contributed by atoms with Crippen molar-refractivity contribution in [2.45, 2.75) is 19.4 Å². The van der Waals surface area contributed by atoms with Crippen molar-refractivity contribution < 1.29 is 9.59 Å². The lowest BCUT2D eigenvalue weighted by atomic mass is 10.1. The maximum absolute atomic E-state index is 13.7. The normalized spacial score (nSPS) is 21.0. The van der Waals surface area contributed by atoms with Gasteiger partial charge in [0.05, 0.1) is 17.2 Å². The van der Waals surface area contributed by atoms with Gasteiger partial charge in [-0.3, -0.25) is 9.59 Å². The number of aromatic nitrogens is 1. The SMILES string of the molecule is Cc1cccc(-c2sccc2C(=O)N2C[C@@H]3C[C@@H]3[C@H]2CNC(=O)c2cn(C)c3ccccc23)c1. The van der Waals surface area contributed by atoms with Crippen molar-refractivity contribution in [2.24, 2.45) is 18.9 Å². The molecule has 6 rings (SSSR count). The number of amides is 2. The molecule has 5 nitrogen and oxygen atoms in total. The summed E-state index contributed by atoms with van der Waals surface area (Å²) in [5.74, 6) is 1.04. The molecule has 1 saturated heterocycles. The molecule has 4 aromatic rings. The number of carbonyl (C=O) groups excluding carboxylic acids is 2. The topological polar surface area (TPSA) is 54.3 Å². The van der Waals surface area contributed by atoms with Crippen LogP contribution in [0, 0.1) is 18.8 Å². The maximum atomic E-state index is 13.7. The number of aryl methyl sites for hydroxylation is 2. The van der Waals surface area contributed by atoms with Gasteiger partial charge in [-0.1, -0.05) is 48.0 Å². The van der Waals surface area contributed by atoms with Crippen molar-refractivity contribution in [3.8, 4) is 10.4 Å². The molecule has 1 N–H and O–H groups in total. The molecule has 172 valence electrons. The van der Waals surface area contributed by atoms with Crippen LogP contribution >= 0.6 is 11.3 Å². The van der Waals surface area contributed by atoms with Crippen molar-refractivity contribution in [2.75, 3.05) is 13.1 Å². The maximum Gasteiger partial charge on any atom is 0.255 e. The Balaban J connectivity index is 1.21. The summed E-state index contributed by atoms with van der Waals surface area (Å²) in [7, 11) is 1.96. The zero-order chi connectivity index (χ0) is 23.4. The molecule has 2 fully saturated rings. The van der Waals surface area contributed by atoms with Gasteiger partial charge in [-0.05, 0) is 48.3 Å². The first-order chi connectivity index (χ1) is 16.5. The van der Waals surface area contributed by atoms with E-state index in [1.165, 1.54) is 5.56 Å². The van der Waals surface area contributed by atoms with E-state index >= 15 is 0 Å². The molecule has 0 bridgehead atoms. The molecule has 3 atom stereocenters. The van der Waals surface area contributed by atoms with Gasteiger partial charge in [0, 0.05) is 42.1 Å². The molecule has 3 heterocycles. The Bertz CT molecular complexity index is 1420. The van der Waals surface area contributed by atoms with Gasteiger partial charge in [0.2, 0.25) is 0 Å². The average molecular weight is 470 g/mol. The third kappa shape index (κ3) is 3.53. The fourth-order valence-corrected chi connectivity index (χ4v) is 6.41. The molecule has 1 aliphatic heterocycles. The molecule has 0 unspecified atom stereocenters. The Hall–Kier alpha value is -3.38. The zero-order valence-corrected chi connectivity index (χ0v) is 20.1. The minimum atomic E-state index is -0.0794. The smallest absolute Gasteiger partial charge is 0.255 e. The summed E-state index contributed by atoms with van der Waals surface area (Å²) in [6.07, 6.45) is 3.03. The number of nitrogens with zero attached hydrogens (tertiary/aromatic N) is 2. The number of fused-ring (bicyclic) bond motifs is 2. The van der Waals surface area contributed by atoms with E-state index in [1.807, 2.05) is 64.5 Å². The number of hydrogen-bond donors (Lipinski definition) is 1. The van der Waals surface area contributed by atoms with Crippen LogP contribution in [0.25, 0.3) is 21.3 Å². The third-order valence-corrected chi connectivity index (χ3v) is 8.32. The zero-order valence-electron chi connectivity index (χ0n) is 19.3.